The summed E-state index contributed by atoms with van der Waals surface area (Å²) < 4.78 is 0. The van der Waals surface area contributed by atoms with Gasteiger partial charge in [-0.25, -0.2) is 0 Å². The molecule has 0 aromatic heterocycles. The minimum Gasteiger partial charge on any atom is -0.321 e. The van der Waals surface area contributed by atoms with Crippen LogP contribution in [0.1, 0.15) is 58.8 Å². The number of hydrogen-bond donors (Lipinski definition) is 1. The summed E-state index contributed by atoms with van der Waals surface area (Å²) in [6, 6.07) is -0.242. The van der Waals surface area contributed by atoms with Crippen molar-refractivity contribution >= 4 is 5.78 Å². The van der Waals surface area contributed by atoms with E-state index in [9.17, 15) is 4.79 Å². The van der Waals surface area contributed by atoms with Crippen molar-refractivity contribution in [2.24, 2.45) is 17.6 Å². The van der Waals surface area contributed by atoms with Crippen LogP contribution in [0.4, 0.5) is 0 Å². The second-order valence-electron chi connectivity index (χ2n) is 5.20. The summed E-state index contributed by atoms with van der Waals surface area (Å²) in [5.74, 6) is 1.49. The molecule has 0 heterocycles. The van der Waals surface area contributed by atoms with Crippen LogP contribution >= 0.6 is 0 Å². The fraction of sp³-hybridized carbons (Fsp3) is 0.923. The lowest BCUT2D eigenvalue weighted by Crippen LogP contribution is -2.35. The predicted molar refractivity (Wildman–Crippen MR) is 63.6 cm³/mol. The van der Waals surface area contributed by atoms with E-state index in [1.54, 1.807) is 6.92 Å². The standard InChI is InChI=1S/C13H25NO/c1-10(13(14)11(2)15)6-3-4-7-12-8-5-9-12/h10,12-13H,3-9,14H2,1-2H3/t10-,13-/m1/s1. The van der Waals surface area contributed by atoms with Gasteiger partial charge in [0.1, 0.15) is 5.78 Å². The molecule has 1 aliphatic carbocycles. The number of nitrogens with two attached hydrogens (primary N) is 1. The minimum absolute atomic E-state index is 0.126. The van der Waals surface area contributed by atoms with Crippen molar-refractivity contribution in [2.75, 3.05) is 0 Å². The van der Waals surface area contributed by atoms with E-state index in [2.05, 4.69) is 6.92 Å². The van der Waals surface area contributed by atoms with Gasteiger partial charge in [0.25, 0.3) is 0 Å². The molecule has 0 unspecified atom stereocenters. The fourth-order valence-electron chi connectivity index (χ4n) is 2.26. The number of carbonyl (C=O) groups excluding carboxylic acids is 1. The molecule has 0 aromatic carbocycles. The summed E-state index contributed by atoms with van der Waals surface area (Å²) in [4.78, 5) is 11.1. The zero-order valence-electron chi connectivity index (χ0n) is 10.2. The molecule has 0 amide bonds. The molecule has 15 heavy (non-hydrogen) atoms. The summed E-state index contributed by atoms with van der Waals surface area (Å²) in [6.45, 7) is 3.69. The lowest BCUT2D eigenvalue weighted by Gasteiger charge is -2.25. The van der Waals surface area contributed by atoms with Gasteiger partial charge in [0, 0.05) is 0 Å². The quantitative estimate of drug-likeness (QED) is 0.658. The van der Waals surface area contributed by atoms with Gasteiger partial charge >= 0.3 is 0 Å². The van der Waals surface area contributed by atoms with Crippen molar-refractivity contribution in [2.45, 2.75) is 64.8 Å². The minimum atomic E-state index is -0.242. The van der Waals surface area contributed by atoms with Crippen molar-refractivity contribution in [3.05, 3.63) is 0 Å². The van der Waals surface area contributed by atoms with E-state index < -0.39 is 0 Å². The first-order chi connectivity index (χ1) is 7.11. The second kappa shape index (κ2) is 6.26. The van der Waals surface area contributed by atoms with E-state index in [4.69, 9.17) is 5.73 Å². The molecule has 0 spiro atoms. The third-order valence-corrected chi connectivity index (χ3v) is 3.83. The first-order valence-electron chi connectivity index (χ1n) is 6.37. The molecule has 0 saturated heterocycles. The van der Waals surface area contributed by atoms with Gasteiger partial charge in [-0.1, -0.05) is 45.4 Å². The van der Waals surface area contributed by atoms with Crippen LogP contribution in [-0.2, 0) is 4.79 Å². The molecule has 0 radical (unpaired) electrons. The number of Topliss-reactive ketones (excluding diaryl/α,β-unsaturated/α-hetero) is 1. The van der Waals surface area contributed by atoms with Crippen LogP contribution in [0, 0.1) is 11.8 Å². The Kier molecular flexibility index (Phi) is 5.30. The maximum atomic E-state index is 11.1. The Labute approximate surface area is 93.6 Å². The molecule has 2 atom stereocenters. The monoisotopic (exact) mass is 211 g/mol. The second-order valence-corrected chi connectivity index (χ2v) is 5.20. The Morgan fingerprint density at radius 3 is 2.53 bits per heavy atom. The van der Waals surface area contributed by atoms with Crippen LogP contribution in [0.2, 0.25) is 0 Å². The molecule has 0 bridgehead atoms. The lowest BCUT2D eigenvalue weighted by atomic mass is 9.81. The summed E-state index contributed by atoms with van der Waals surface area (Å²) in [7, 11) is 0. The third kappa shape index (κ3) is 4.33. The van der Waals surface area contributed by atoms with E-state index in [0.717, 1.165) is 12.3 Å². The first-order valence-corrected chi connectivity index (χ1v) is 6.37. The van der Waals surface area contributed by atoms with Gasteiger partial charge in [-0.3, -0.25) is 4.79 Å². The summed E-state index contributed by atoms with van der Waals surface area (Å²) >= 11 is 0. The molecule has 2 heteroatoms. The highest BCUT2D eigenvalue weighted by Crippen LogP contribution is 2.31. The maximum Gasteiger partial charge on any atom is 0.146 e. The first kappa shape index (κ1) is 12.7. The van der Waals surface area contributed by atoms with Crippen LogP contribution in [0.3, 0.4) is 0 Å². The van der Waals surface area contributed by atoms with Crippen molar-refractivity contribution < 1.29 is 4.79 Å². The molecule has 88 valence electrons. The predicted octanol–water partition coefficient (Wildman–Crippen LogP) is 2.90. The van der Waals surface area contributed by atoms with Gasteiger partial charge in [0.15, 0.2) is 0 Å². The molecule has 1 rings (SSSR count). The van der Waals surface area contributed by atoms with Crippen LogP contribution in [0.15, 0.2) is 0 Å². The molecule has 2 N–H and O–H groups in total. The van der Waals surface area contributed by atoms with Crippen LogP contribution in [-0.4, -0.2) is 11.8 Å². The highest BCUT2D eigenvalue weighted by atomic mass is 16.1. The summed E-state index contributed by atoms with van der Waals surface area (Å²) in [5.41, 5.74) is 5.79. The summed E-state index contributed by atoms with van der Waals surface area (Å²) in [6.07, 6.45) is 9.38. The van der Waals surface area contributed by atoms with E-state index >= 15 is 0 Å². The molecule has 2 nitrogen and oxygen atoms in total. The highest BCUT2D eigenvalue weighted by Gasteiger charge is 2.18. The van der Waals surface area contributed by atoms with Gasteiger partial charge in [-0.05, 0) is 25.2 Å². The molecular weight excluding hydrogens is 186 g/mol. The Morgan fingerprint density at radius 2 is 2.07 bits per heavy atom. The molecule has 1 aliphatic rings. The van der Waals surface area contributed by atoms with Crippen LogP contribution in [0.25, 0.3) is 0 Å². The van der Waals surface area contributed by atoms with E-state index in [0.29, 0.717) is 5.92 Å². The Bertz CT molecular complexity index is 199. The maximum absolute atomic E-state index is 11.1. The van der Waals surface area contributed by atoms with Crippen molar-refractivity contribution in [3.63, 3.8) is 0 Å². The van der Waals surface area contributed by atoms with Gasteiger partial charge in [0.05, 0.1) is 6.04 Å². The lowest BCUT2D eigenvalue weighted by molar-refractivity contribution is -0.119. The number of hydrogen-bond acceptors (Lipinski definition) is 2. The SMILES string of the molecule is CC(=O)[C@H](N)[C@H](C)CCCCC1CCC1. The molecule has 0 aliphatic heterocycles. The van der Waals surface area contributed by atoms with Gasteiger partial charge in [0.2, 0.25) is 0 Å². The van der Waals surface area contributed by atoms with Crippen molar-refractivity contribution in [1.29, 1.82) is 0 Å². The van der Waals surface area contributed by atoms with Crippen molar-refractivity contribution in [1.82, 2.24) is 0 Å². The van der Waals surface area contributed by atoms with Gasteiger partial charge in [-0.2, -0.15) is 0 Å². The average Bonchev–Trinajstić information content (AvgIpc) is 2.13. The average molecular weight is 211 g/mol. The zero-order valence-corrected chi connectivity index (χ0v) is 10.2. The zero-order chi connectivity index (χ0) is 11.3. The van der Waals surface area contributed by atoms with Crippen molar-refractivity contribution in [3.8, 4) is 0 Å². The Balaban J connectivity index is 2.00. The Hall–Kier alpha value is -0.370. The highest BCUT2D eigenvalue weighted by molar-refractivity contribution is 5.81. The van der Waals surface area contributed by atoms with E-state index in [1.165, 1.54) is 38.5 Å². The molecule has 1 saturated carbocycles. The van der Waals surface area contributed by atoms with Crippen LogP contribution < -0.4 is 5.73 Å². The van der Waals surface area contributed by atoms with E-state index in [-0.39, 0.29) is 11.8 Å². The number of rotatable bonds is 7. The van der Waals surface area contributed by atoms with Gasteiger partial charge < -0.3 is 5.73 Å². The topological polar surface area (TPSA) is 43.1 Å². The van der Waals surface area contributed by atoms with Crippen LogP contribution in [0.5, 0.6) is 0 Å². The Morgan fingerprint density at radius 1 is 1.40 bits per heavy atom. The van der Waals surface area contributed by atoms with Gasteiger partial charge in [-0.15, -0.1) is 0 Å². The normalized spacial score (nSPS) is 20.7. The number of ketones is 1. The molecule has 1 fully saturated rings. The third-order valence-electron chi connectivity index (χ3n) is 3.83. The largest absolute Gasteiger partial charge is 0.321 e. The fourth-order valence-corrected chi connectivity index (χ4v) is 2.26. The molecular formula is C13H25NO. The number of unbranched alkanes of at least 4 members (excludes halogenated alkanes) is 1. The smallest absolute Gasteiger partial charge is 0.146 e. The number of carbonyl (C=O) groups is 1. The molecule has 0 aromatic rings. The van der Waals surface area contributed by atoms with E-state index in [1.807, 2.05) is 0 Å². The summed E-state index contributed by atoms with van der Waals surface area (Å²) in [5, 5.41) is 0.